The molecule has 0 bridgehead atoms. The van der Waals surface area contributed by atoms with Gasteiger partial charge in [-0.05, 0) is 12.3 Å². The molecule has 108 valence electrons. The van der Waals surface area contributed by atoms with Gasteiger partial charge in [0.05, 0.1) is 6.42 Å². The van der Waals surface area contributed by atoms with Gasteiger partial charge < -0.3 is 10.4 Å². The van der Waals surface area contributed by atoms with Gasteiger partial charge in [-0.3, -0.25) is 9.20 Å². The molecule has 0 aliphatic heterocycles. The Bertz CT molecular complexity index is 629. The van der Waals surface area contributed by atoms with Gasteiger partial charge in [-0.1, -0.05) is 20.8 Å². The maximum absolute atomic E-state index is 11.0. The van der Waals surface area contributed by atoms with Crippen molar-refractivity contribution in [2.45, 2.75) is 40.2 Å². The largest absolute Gasteiger partial charge is 0.481 e. The van der Waals surface area contributed by atoms with Crippen LogP contribution in [0.4, 0.5) is 5.82 Å². The van der Waals surface area contributed by atoms with E-state index in [1.54, 1.807) is 12.4 Å². The summed E-state index contributed by atoms with van der Waals surface area (Å²) < 4.78 is 1.82. The second kappa shape index (κ2) is 5.07. The minimum atomic E-state index is -0.845. The van der Waals surface area contributed by atoms with Crippen molar-refractivity contribution in [3.05, 3.63) is 18.2 Å². The lowest BCUT2D eigenvalue weighted by molar-refractivity contribution is -0.137. The molecular formula is C13H19N5O2. The molecule has 0 aliphatic carbocycles. The smallest absolute Gasteiger partial charge is 0.305 e. The van der Waals surface area contributed by atoms with E-state index in [2.05, 4.69) is 20.5 Å². The number of aliphatic carboxylic acids is 1. The number of hydrogen-bond donors (Lipinski definition) is 2. The van der Waals surface area contributed by atoms with E-state index in [4.69, 9.17) is 5.11 Å². The highest BCUT2D eigenvalue weighted by molar-refractivity contribution is 5.69. The van der Waals surface area contributed by atoms with E-state index in [0.29, 0.717) is 11.5 Å². The summed E-state index contributed by atoms with van der Waals surface area (Å²) in [5.41, 5.74) is 0.381. The van der Waals surface area contributed by atoms with Crippen molar-refractivity contribution >= 4 is 17.4 Å². The first-order valence-electron chi connectivity index (χ1n) is 6.43. The Morgan fingerprint density at radius 2 is 2.15 bits per heavy atom. The molecule has 1 atom stereocenters. The van der Waals surface area contributed by atoms with Crippen LogP contribution in [-0.2, 0) is 4.79 Å². The maximum Gasteiger partial charge on any atom is 0.305 e. The number of fused-ring (bicyclic) bond motifs is 1. The monoisotopic (exact) mass is 277 g/mol. The van der Waals surface area contributed by atoms with E-state index in [-0.39, 0.29) is 17.9 Å². The van der Waals surface area contributed by atoms with Crippen LogP contribution in [0.3, 0.4) is 0 Å². The number of carboxylic acid groups (broad SMARTS) is 1. The molecular weight excluding hydrogens is 258 g/mol. The first-order valence-corrected chi connectivity index (χ1v) is 6.43. The normalized spacial score (nSPS) is 13.4. The lowest BCUT2D eigenvalue weighted by atomic mass is 9.85. The topological polar surface area (TPSA) is 92.4 Å². The third-order valence-corrected chi connectivity index (χ3v) is 3.23. The number of anilines is 1. The van der Waals surface area contributed by atoms with E-state index in [1.165, 1.54) is 0 Å². The minimum absolute atomic E-state index is 0.0132. The Kier molecular flexibility index (Phi) is 3.61. The molecule has 2 heterocycles. The summed E-state index contributed by atoms with van der Waals surface area (Å²) in [4.78, 5) is 15.3. The van der Waals surface area contributed by atoms with Crippen LogP contribution < -0.4 is 5.32 Å². The zero-order valence-corrected chi connectivity index (χ0v) is 12.1. The molecule has 2 N–H and O–H groups in total. The molecule has 2 rings (SSSR count). The average molecular weight is 277 g/mol. The number of aryl methyl sites for hydroxylation is 1. The van der Waals surface area contributed by atoms with Gasteiger partial charge in [-0.15, -0.1) is 10.2 Å². The molecule has 7 nitrogen and oxygen atoms in total. The zero-order chi connectivity index (χ0) is 14.9. The molecule has 0 saturated carbocycles. The molecule has 0 fully saturated rings. The Morgan fingerprint density at radius 3 is 2.75 bits per heavy atom. The van der Waals surface area contributed by atoms with Crippen LogP contribution in [0.1, 0.15) is 33.0 Å². The van der Waals surface area contributed by atoms with Crippen LogP contribution in [0, 0.1) is 12.3 Å². The fourth-order valence-corrected chi connectivity index (χ4v) is 1.96. The van der Waals surface area contributed by atoms with Crippen molar-refractivity contribution in [1.29, 1.82) is 0 Å². The first-order chi connectivity index (χ1) is 9.29. The predicted molar refractivity (Wildman–Crippen MR) is 74.6 cm³/mol. The van der Waals surface area contributed by atoms with Crippen molar-refractivity contribution < 1.29 is 9.90 Å². The second-order valence-electron chi connectivity index (χ2n) is 5.88. The van der Waals surface area contributed by atoms with Crippen LogP contribution in [0.15, 0.2) is 12.4 Å². The second-order valence-corrected chi connectivity index (χ2v) is 5.88. The highest BCUT2D eigenvalue weighted by Crippen LogP contribution is 2.26. The van der Waals surface area contributed by atoms with Gasteiger partial charge in [0.1, 0.15) is 5.82 Å². The van der Waals surface area contributed by atoms with Crippen LogP contribution in [0.5, 0.6) is 0 Å². The van der Waals surface area contributed by atoms with Gasteiger partial charge >= 0.3 is 5.97 Å². The van der Waals surface area contributed by atoms with Crippen molar-refractivity contribution in [3.8, 4) is 0 Å². The van der Waals surface area contributed by atoms with E-state index >= 15 is 0 Å². The van der Waals surface area contributed by atoms with Gasteiger partial charge in [-0.25, -0.2) is 4.98 Å². The van der Waals surface area contributed by atoms with Crippen molar-refractivity contribution in [1.82, 2.24) is 19.6 Å². The number of hydrogen-bond acceptors (Lipinski definition) is 5. The SMILES string of the molecule is Cc1nnc2c(NC(CC(=O)O)C(C)(C)C)nccn12. The van der Waals surface area contributed by atoms with Crippen LogP contribution in [-0.4, -0.2) is 36.7 Å². The minimum Gasteiger partial charge on any atom is -0.481 e. The molecule has 0 amide bonds. The Labute approximate surface area is 117 Å². The van der Waals surface area contributed by atoms with Crippen LogP contribution in [0.25, 0.3) is 5.65 Å². The molecule has 0 aromatic carbocycles. The molecule has 0 aliphatic rings. The van der Waals surface area contributed by atoms with Crippen molar-refractivity contribution in [2.24, 2.45) is 5.41 Å². The molecule has 0 radical (unpaired) electrons. The standard InChI is InChI=1S/C13H19N5O2/c1-8-16-17-12-11(14-5-6-18(8)12)15-9(7-10(19)20)13(2,3)4/h5-6,9H,7H2,1-4H3,(H,14,15)(H,19,20). The summed E-state index contributed by atoms with van der Waals surface area (Å²) in [6.07, 6.45) is 3.44. The first kappa shape index (κ1) is 14.2. The average Bonchev–Trinajstić information content (AvgIpc) is 2.70. The number of carboxylic acids is 1. The van der Waals surface area contributed by atoms with Gasteiger partial charge in [-0.2, -0.15) is 0 Å². The van der Waals surface area contributed by atoms with Crippen LogP contribution >= 0.6 is 0 Å². The molecule has 1 unspecified atom stereocenters. The third kappa shape index (κ3) is 2.87. The maximum atomic E-state index is 11.0. The fourth-order valence-electron chi connectivity index (χ4n) is 1.96. The summed E-state index contributed by atoms with van der Waals surface area (Å²) in [6, 6.07) is -0.254. The van der Waals surface area contributed by atoms with Crippen molar-refractivity contribution in [3.63, 3.8) is 0 Å². The molecule has 7 heteroatoms. The Balaban J connectivity index is 2.35. The summed E-state index contributed by atoms with van der Waals surface area (Å²) in [5.74, 6) is 0.465. The molecule has 0 saturated heterocycles. The highest BCUT2D eigenvalue weighted by Gasteiger charge is 2.28. The number of carbonyl (C=O) groups is 1. The van der Waals surface area contributed by atoms with Crippen LogP contribution in [0.2, 0.25) is 0 Å². The van der Waals surface area contributed by atoms with E-state index in [1.807, 2.05) is 32.1 Å². The Hall–Kier alpha value is -2.18. The summed E-state index contributed by atoms with van der Waals surface area (Å²) in [5, 5.41) is 20.3. The molecule has 0 spiro atoms. The highest BCUT2D eigenvalue weighted by atomic mass is 16.4. The molecule has 2 aromatic heterocycles. The van der Waals surface area contributed by atoms with Gasteiger partial charge in [0, 0.05) is 18.4 Å². The quantitative estimate of drug-likeness (QED) is 0.884. The van der Waals surface area contributed by atoms with Crippen molar-refractivity contribution in [2.75, 3.05) is 5.32 Å². The fraction of sp³-hybridized carbons (Fsp3) is 0.538. The van der Waals surface area contributed by atoms with Gasteiger partial charge in [0.2, 0.25) is 5.65 Å². The van der Waals surface area contributed by atoms with Gasteiger partial charge in [0.25, 0.3) is 0 Å². The molecule has 2 aromatic rings. The molecule has 20 heavy (non-hydrogen) atoms. The number of rotatable bonds is 4. The van der Waals surface area contributed by atoms with E-state index in [9.17, 15) is 4.79 Å². The number of nitrogens with one attached hydrogen (secondary N) is 1. The van der Waals surface area contributed by atoms with E-state index < -0.39 is 5.97 Å². The number of nitrogens with zero attached hydrogens (tertiary/aromatic N) is 4. The summed E-state index contributed by atoms with van der Waals surface area (Å²) >= 11 is 0. The summed E-state index contributed by atoms with van der Waals surface area (Å²) in [6.45, 7) is 7.82. The predicted octanol–water partition coefficient (Wildman–Crippen LogP) is 1.73. The lowest BCUT2D eigenvalue weighted by Crippen LogP contribution is -2.36. The summed E-state index contributed by atoms with van der Waals surface area (Å²) in [7, 11) is 0. The number of aromatic nitrogens is 4. The third-order valence-electron chi connectivity index (χ3n) is 3.23. The zero-order valence-electron chi connectivity index (χ0n) is 12.1. The van der Waals surface area contributed by atoms with Gasteiger partial charge in [0.15, 0.2) is 5.82 Å². The lowest BCUT2D eigenvalue weighted by Gasteiger charge is -2.30. The van der Waals surface area contributed by atoms with E-state index in [0.717, 1.165) is 5.82 Å². The Morgan fingerprint density at radius 1 is 1.45 bits per heavy atom.